The number of aliphatic hydroxyl groups excluding tert-OH is 1. The molecular weight excluding hydrogens is 1760 g/mol. The van der Waals surface area contributed by atoms with Crippen LogP contribution in [0.15, 0.2) is 0 Å². The molecule has 0 rings (SSSR count). The second kappa shape index (κ2) is 99.6. The minimum absolute atomic E-state index is 0.0403. The summed E-state index contributed by atoms with van der Waals surface area (Å²) in [5, 5.41) is 13.1. The van der Waals surface area contributed by atoms with Gasteiger partial charge in [0.15, 0.2) is 23.1 Å². The highest BCUT2D eigenvalue weighted by molar-refractivity contribution is 5.82. The van der Waals surface area contributed by atoms with Gasteiger partial charge >= 0.3 is 0 Å². The van der Waals surface area contributed by atoms with Gasteiger partial charge < -0.3 is 95.7 Å². The lowest BCUT2D eigenvalue weighted by molar-refractivity contribution is -0.127. The van der Waals surface area contributed by atoms with Crippen LogP contribution < -0.4 is 5.32 Å². The summed E-state index contributed by atoms with van der Waals surface area (Å²) >= 11 is 0. The molecule has 0 heterocycles. The first-order valence-electron chi connectivity index (χ1n) is 53.8. The Kier molecular flexibility index (Phi) is 107. The van der Waals surface area contributed by atoms with Gasteiger partial charge in [-0.3, -0.25) is 19.2 Å². The molecule has 0 aromatic carbocycles. The Morgan fingerprint density at radius 1 is 0.237 bits per heavy atom. The van der Waals surface area contributed by atoms with E-state index >= 15 is 0 Å². The van der Waals surface area contributed by atoms with Crippen molar-refractivity contribution in [1.29, 1.82) is 0 Å². The van der Waals surface area contributed by atoms with Crippen molar-refractivity contribution in [2.24, 2.45) is 79.8 Å². The van der Waals surface area contributed by atoms with Crippen molar-refractivity contribution >= 4 is 23.1 Å². The van der Waals surface area contributed by atoms with E-state index in [2.05, 4.69) is 223 Å². The van der Waals surface area contributed by atoms with E-state index in [-0.39, 0.29) is 95.7 Å². The van der Waals surface area contributed by atoms with Gasteiger partial charge in [-0.2, -0.15) is 0 Å². The van der Waals surface area contributed by atoms with Crippen LogP contribution in [0.4, 0.5) is 0 Å². The summed E-state index contributed by atoms with van der Waals surface area (Å²) in [6.45, 7) is 99.0. The molecule has 0 aliphatic heterocycles. The number of Topliss-reactive ketones (excluding diaryl/α,β-unsaturated/α-hetero) is 4. The van der Waals surface area contributed by atoms with E-state index < -0.39 is 0 Å². The maximum atomic E-state index is 11.3. The number of ketones is 4. The number of hydrogen-bond donors (Lipinski definition) is 2. The summed E-state index contributed by atoms with van der Waals surface area (Å²) in [5.41, 5.74) is 1.69. The smallest absolute Gasteiger partial charge is 0.160 e. The number of carbonyl (C=O) groups excluding carboxylic acids is 4. The molecular formula is C115H229NO23. The zero-order valence-electron chi connectivity index (χ0n) is 97.5. The topological polar surface area (TPSA) is 267 Å². The van der Waals surface area contributed by atoms with Gasteiger partial charge in [0, 0.05) is 132 Å². The zero-order valence-corrected chi connectivity index (χ0v) is 97.5. The van der Waals surface area contributed by atoms with Gasteiger partial charge in [-0.15, -0.1) is 0 Å². The van der Waals surface area contributed by atoms with Crippen molar-refractivity contribution in [1.82, 2.24) is 5.32 Å². The first-order chi connectivity index (χ1) is 64.9. The number of unbranched alkanes of at least 4 members (excludes halogenated alkanes) is 2. The van der Waals surface area contributed by atoms with Gasteiger partial charge in [0.1, 0.15) is 39.6 Å². The van der Waals surface area contributed by atoms with Crippen molar-refractivity contribution in [3.05, 3.63) is 0 Å². The fourth-order valence-corrected chi connectivity index (χ4v) is 10.4. The average Bonchev–Trinajstić information content (AvgIpc) is 0.927. The molecule has 0 radical (unpaired) electrons. The Bertz CT molecular complexity index is 2740. The van der Waals surface area contributed by atoms with E-state index in [0.717, 1.165) is 148 Å². The van der Waals surface area contributed by atoms with Gasteiger partial charge in [-0.05, 0) is 198 Å². The second-order valence-corrected chi connectivity index (χ2v) is 46.5. The minimum atomic E-state index is -0.252. The molecule has 139 heavy (non-hydrogen) atoms. The van der Waals surface area contributed by atoms with Crippen LogP contribution in [0.2, 0.25) is 0 Å². The third-order valence-corrected chi connectivity index (χ3v) is 20.1. The number of carbonyl (C=O) groups is 4. The highest BCUT2D eigenvalue weighted by Gasteiger charge is 2.20. The second-order valence-electron chi connectivity index (χ2n) is 46.5. The molecule has 0 fully saturated rings. The fraction of sp³-hybridized carbons (Fsp3) is 0.930. The van der Waals surface area contributed by atoms with E-state index in [0.29, 0.717) is 192 Å². The van der Waals surface area contributed by atoms with Gasteiger partial charge in [0.25, 0.3) is 0 Å². The Labute approximate surface area is 857 Å². The van der Waals surface area contributed by atoms with Crippen LogP contribution >= 0.6 is 0 Å². The number of aliphatic hydroxyl groups is 1. The lowest BCUT2D eigenvalue weighted by atomic mass is 9.83. The van der Waals surface area contributed by atoms with Gasteiger partial charge in [-0.25, -0.2) is 0 Å². The van der Waals surface area contributed by atoms with E-state index in [1.807, 2.05) is 55.4 Å². The number of hydrogen-bond acceptors (Lipinski definition) is 24. The van der Waals surface area contributed by atoms with Crippen molar-refractivity contribution in [3.63, 3.8) is 0 Å². The number of rotatable bonds is 81. The van der Waals surface area contributed by atoms with Gasteiger partial charge in [-0.1, -0.05) is 236 Å². The standard InChI is InChI=1S/C18H36O3.C18H34O3.C17H32O3.C16H35NO3.C16H32O4.C16H32O3.C14H28O4/c1-15(2)8-9-18(5,6)10-13-20-11-7-12-21-14-17(19)16(3)4;1-17(2,3)9-7-11-19-13-15-21-16-14-20-12-8-10-18(4,5)6;1-16(2,3)8-7-10-18-12-14-20-15-13-19-11-9-17(4,5)6;1-15(2,3)7-9-18-11-13-20-14-12-19-10-8-17-16(4,5)6;1-13(2)6-7-15(17)8-11-19-9-5-10-20-12-16(18)14(3)4;1-14(2)9-6-5-7-10-18-11-8-12-19-13-16(17)15(3)4;1-12(2)5-6-16-7-8-17-9-10-18-11-14(15)13(3)4/h15-16H,7-14H2,1-6H3;7,9,11-16H2,1-6H3;9-15H2,1-6H3;17H,7-14H2,1-6H3;13-15,17H,5-12H2,1-4H3;14-15H,5-13H2,1-4H3;12-13H,5-11H2,1-4H3. The molecule has 2 N–H and O–H groups in total. The zero-order chi connectivity index (χ0) is 107. The maximum absolute atomic E-state index is 11.3. The molecule has 0 aliphatic rings. The highest BCUT2D eigenvalue weighted by Crippen LogP contribution is 2.29. The molecule has 832 valence electrons. The highest BCUT2D eigenvalue weighted by atomic mass is 16.6. The van der Waals surface area contributed by atoms with Crippen molar-refractivity contribution in [2.75, 3.05) is 244 Å². The van der Waals surface area contributed by atoms with Crippen LogP contribution in [-0.4, -0.2) is 284 Å². The van der Waals surface area contributed by atoms with Crippen molar-refractivity contribution in [2.45, 2.75) is 376 Å². The van der Waals surface area contributed by atoms with Crippen LogP contribution in [0.5, 0.6) is 0 Å². The lowest BCUT2D eigenvalue weighted by Crippen LogP contribution is -2.38. The normalized spacial score (nSPS) is 12.2. The molecule has 0 amide bonds. The molecule has 0 spiro atoms. The van der Waals surface area contributed by atoms with Crippen LogP contribution in [0, 0.1) is 104 Å². The quantitative estimate of drug-likeness (QED) is 0.0423. The van der Waals surface area contributed by atoms with E-state index in [1.165, 1.54) is 38.5 Å². The summed E-state index contributed by atoms with van der Waals surface area (Å²) in [4.78, 5) is 45.1. The fourth-order valence-electron chi connectivity index (χ4n) is 10.4. The minimum Gasteiger partial charge on any atom is -0.393 e. The Hall–Kier alpha value is -3.00. The van der Waals surface area contributed by atoms with Crippen LogP contribution in [-0.2, 0) is 104 Å². The SMILES string of the molecule is CC(C)(C)C#CCOCCOCCOCCC(C)(C)C.CC(C)(C)C#CCOCCOCCOCCCC(C)(C)C.CC(C)(C)CCOCCOCCOCCNC(C)(C)C.CC(C)CCC(C)(C)CCOCCCOCC(=O)C(C)C.CC(C)CCC(O)CCOCCCOCC(=O)C(C)C.CC(C)CCCCCOCCCOCC(=O)C(C)C.CC(C)CCOCCOCCOCC(=O)C(C)C. The summed E-state index contributed by atoms with van der Waals surface area (Å²) in [6, 6.07) is 0. The number of ether oxygens (including phenoxy) is 18. The van der Waals surface area contributed by atoms with E-state index in [1.54, 1.807) is 0 Å². The third-order valence-electron chi connectivity index (χ3n) is 20.1. The molecule has 24 heteroatoms. The number of nitrogens with one attached hydrogen (secondary N) is 1. The van der Waals surface area contributed by atoms with Gasteiger partial charge in [0.05, 0.1) is 118 Å². The van der Waals surface area contributed by atoms with Crippen molar-refractivity contribution in [3.8, 4) is 23.7 Å². The molecule has 0 aromatic heterocycles. The van der Waals surface area contributed by atoms with Crippen LogP contribution in [0.3, 0.4) is 0 Å². The molecule has 1 atom stereocenters. The Morgan fingerprint density at radius 2 is 0.504 bits per heavy atom. The monoisotopic (exact) mass is 1990 g/mol. The molecule has 0 saturated carbocycles. The van der Waals surface area contributed by atoms with Gasteiger partial charge in [0.2, 0.25) is 0 Å². The molecule has 0 aliphatic carbocycles. The average molecular weight is 1990 g/mol. The molecule has 0 aromatic rings. The summed E-state index contributed by atoms with van der Waals surface area (Å²) in [5.74, 6) is 16.0. The summed E-state index contributed by atoms with van der Waals surface area (Å²) in [7, 11) is 0. The predicted octanol–water partition coefficient (Wildman–Crippen LogP) is 23.8. The summed E-state index contributed by atoms with van der Waals surface area (Å²) < 4.78 is 97.5. The van der Waals surface area contributed by atoms with Crippen LogP contribution in [0.1, 0.15) is 365 Å². The summed E-state index contributed by atoms with van der Waals surface area (Å²) in [6.07, 6.45) is 19.1. The predicted molar refractivity (Wildman–Crippen MR) is 577 cm³/mol. The lowest BCUT2D eigenvalue weighted by Gasteiger charge is -2.25. The maximum Gasteiger partial charge on any atom is 0.160 e. The Morgan fingerprint density at radius 3 is 0.842 bits per heavy atom. The third kappa shape index (κ3) is 150. The Balaban J connectivity index is -0.000000293. The van der Waals surface area contributed by atoms with E-state index in [4.69, 9.17) is 85.3 Å². The van der Waals surface area contributed by atoms with E-state index in [9.17, 15) is 24.3 Å². The largest absolute Gasteiger partial charge is 0.393 e. The van der Waals surface area contributed by atoms with Crippen molar-refractivity contribution < 1.29 is 110 Å². The molecule has 24 nitrogen and oxygen atoms in total. The molecule has 1 unspecified atom stereocenters. The molecule has 0 bridgehead atoms. The molecule has 0 saturated heterocycles. The van der Waals surface area contributed by atoms with Crippen LogP contribution in [0.25, 0.3) is 0 Å². The first kappa shape index (κ1) is 149. The first-order valence-corrected chi connectivity index (χ1v) is 53.8.